The van der Waals surface area contributed by atoms with Crippen LogP contribution in [0.15, 0.2) is 30.3 Å². The maximum atomic E-state index is 12.8. The van der Waals surface area contributed by atoms with E-state index in [2.05, 4.69) is 12.1 Å². The number of rotatable bonds is 6. The highest BCUT2D eigenvalue weighted by Crippen LogP contribution is 2.22. The van der Waals surface area contributed by atoms with Gasteiger partial charge in [-0.1, -0.05) is 30.3 Å². The van der Waals surface area contributed by atoms with E-state index in [-0.39, 0.29) is 30.4 Å². The molecule has 6 heteroatoms. The van der Waals surface area contributed by atoms with E-state index in [1.54, 1.807) is 0 Å². The molecular weight excluding hydrogens is 330 g/mol. The van der Waals surface area contributed by atoms with Crippen LogP contribution < -0.4 is 5.73 Å². The van der Waals surface area contributed by atoms with E-state index in [1.807, 2.05) is 28.0 Å². The Morgan fingerprint density at radius 1 is 1.08 bits per heavy atom. The first kappa shape index (κ1) is 18.9. The van der Waals surface area contributed by atoms with Gasteiger partial charge in [-0.2, -0.15) is 0 Å². The molecule has 0 unspecified atom stereocenters. The second kappa shape index (κ2) is 9.14. The quantitative estimate of drug-likeness (QED) is 0.833. The van der Waals surface area contributed by atoms with Gasteiger partial charge in [-0.3, -0.25) is 14.5 Å². The van der Waals surface area contributed by atoms with Crippen molar-refractivity contribution in [1.82, 2.24) is 9.80 Å². The molecule has 0 spiro atoms. The van der Waals surface area contributed by atoms with Crippen LogP contribution >= 0.6 is 0 Å². The van der Waals surface area contributed by atoms with Gasteiger partial charge in [-0.05, 0) is 37.8 Å². The molecule has 0 bridgehead atoms. The number of carbonyl (C=O) groups excluding carboxylic acids is 2. The molecule has 2 N–H and O–H groups in total. The van der Waals surface area contributed by atoms with Crippen molar-refractivity contribution in [3.05, 3.63) is 35.9 Å². The highest BCUT2D eigenvalue weighted by atomic mass is 16.5. The van der Waals surface area contributed by atoms with E-state index in [0.717, 1.165) is 45.3 Å². The number of amides is 2. The zero-order valence-electron chi connectivity index (χ0n) is 15.3. The standard InChI is InChI=1S/C20H29N3O3/c21-19(24)14-22-10-4-7-17(13-22)20(25)23-11-8-18(9-12-23)26-15-16-5-2-1-3-6-16/h1-3,5-6,17-18H,4,7-15H2,(H2,21,24)/t17-/m1/s1. The molecule has 2 amide bonds. The molecule has 1 aromatic carbocycles. The second-order valence-corrected chi connectivity index (χ2v) is 7.36. The molecule has 2 fully saturated rings. The van der Waals surface area contributed by atoms with Gasteiger partial charge < -0.3 is 15.4 Å². The van der Waals surface area contributed by atoms with Crippen LogP contribution in [-0.4, -0.2) is 60.4 Å². The summed E-state index contributed by atoms with van der Waals surface area (Å²) in [5.41, 5.74) is 6.47. The largest absolute Gasteiger partial charge is 0.373 e. The molecule has 0 aromatic heterocycles. The van der Waals surface area contributed by atoms with E-state index < -0.39 is 0 Å². The van der Waals surface area contributed by atoms with Gasteiger partial charge >= 0.3 is 0 Å². The molecule has 1 atom stereocenters. The Balaban J connectivity index is 1.42. The fourth-order valence-electron chi connectivity index (χ4n) is 3.91. The molecule has 0 saturated carbocycles. The van der Waals surface area contributed by atoms with Crippen LogP contribution in [0, 0.1) is 5.92 Å². The first-order chi connectivity index (χ1) is 12.6. The van der Waals surface area contributed by atoms with Crippen molar-refractivity contribution >= 4 is 11.8 Å². The first-order valence-corrected chi connectivity index (χ1v) is 9.57. The molecule has 3 rings (SSSR count). The van der Waals surface area contributed by atoms with Crippen molar-refractivity contribution in [2.75, 3.05) is 32.7 Å². The molecule has 142 valence electrons. The van der Waals surface area contributed by atoms with E-state index in [4.69, 9.17) is 10.5 Å². The molecule has 6 nitrogen and oxygen atoms in total. The fourth-order valence-corrected chi connectivity index (χ4v) is 3.91. The molecule has 2 saturated heterocycles. The highest BCUT2D eigenvalue weighted by Gasteiger charge is 2.31. The molecule has 2 heterocycles. The van der Waals surface area contributed by atoms with Gasteiger partial charge in [0, 0.05) is 19.6 Å². The Hall–Kier alpha value is -1.92. The third-order valence-corrected chi connectivity index (χ3v) is 5.32. The van der Waals surface area contributed by atoms with Gasteiger partial charge in [-0.15, -0.1) is 0 Å². The number of nitrogens with zero attached hydrogens (tertiary/aromatic N) is 2. The van der Waals surface area contributed by atoms with Gasteiger partial charge in [0.2, 0.25) is 11.8 Å². The van der Waals surface area contributed by atoms with Crippen molar-refractivity contribution in [2.45, 2.75) is 38.4 Å². The number of benzene rings is 1. The smallest absolute Gasteiger partial charge is 0.231 e. The molecule has 0 aliphatic carbocycles. The van der Waals surface area contributed by atoms with Crippen molar-refractivity contribution in [3.8, 4) is 0 Å². The Morgan fingerprint density at radius 2 is 1.81 bits per heavy atom. The summed E-state index contributed by atoms with van der Waals surface area (Å²) in [4.78, 5) is 27.9. The highest BCUT2D eigenvalue weighted by molar-refractivity contribution is 5.79. The Kier molecular flexibility index (Phi) is 6.63. The van der Waals surface area contributed by atoms with Crippen LogP contribution in [0.5, 0.6) is 0 Å². The van der Waals surface area contributed by atoms with E-state index in [9.17, 15) is 9.59 Å². The summed E-state index contributed by atoms with van der Waals surface area (Å²) in [5, 5.41) is 0. The van der Waals surface area contributed by atoms with Crippen molar-refractivity contribution in [1.29, 1.82) is 0 Å². The molecular formula is C20H29N3O3. The summed E-state index contributed by atoms with van der Waals surface area (Å²) in [7, 11) is 0. The summed E-state index contributed by atoms with van der Waals surface area (Å²) in [6, 6.07) is 10.2. The zero-order valence-corrected chi connectivity index (χ0v) is 15.3. The number of likely N-dealkylation sites (tertiary alicyclic amines) is 2. The van der Waals surface area contributed by atoms with Crippen LogP contribution in [0.1, 0.15) is 31.2 Å². The molecule has 26 heavy (non-hydrogen) atoms. The summed E-state index contributed by atoms with van der Waals surface area (Å²) in [5.74, 6) is -0.111. The van der Waals surface area contributed by atoms with Gasteiger partial charge in [0.05, 0.1) is 25.2 Å². The number of carbonyl (C=O) groups is 2. The average molecular weight is 359 g/mol. The molecule has 2 aliphatic rings. The average Bonchev–Trinajstić information content (AvgIpc) is 2.67. The van der Waals surface area contributed by atoms with E-state index in [0.29, 0.717) is 13.2 Å². The third-order valence-electron chi connectivity index (χ3n) is 5.32. The van der Waals surface area contributed by atoms with Crippen LogP contribution in [0.25, 0.3) is 0 Å². The third kappa shape index (κ3) is 5.29. The van der Waals surface area contributed by atoms with E-state index >= 15 is 0 Å². The predicted octanol–water partition coefficient (Wildman–Crippen LogP) is 1.39. The lowest BCUT2D eigenvalue weighted by molar-refractivity contribution is -0.140. The zero-order chi connectivity index (χ0) is 18.4. The number of nitrogens with two attached hydrogens (primary N) is 1. The maximum absolute atomic E-state index is 12.8. The van der Waals surface area contributed by atoms with Gasteiger partial charge in [0.1, 0.15) is 0 Å². The number of hydrogen-bond acceptors (Lipinski definition) is 4. The number of ether oxygens (including phenoxy) is 1. The van der Waals surface area contributed by atoms with Crippen LogP contribution in [0.4, 0.5) is 0 Å². The van der Waals surface area contributed by atoms with Crippen molar-refractivity contribution in [3.63, 3.8) is 0 Å². The number of hydrogen-bond donors (Lipinski definition) is 1. The minimum Gasteiger partial charge on any atom is -0.373 e. The van der Waals surface area contributed by atoms with Gasteiger partial charge in [-0.25, -0.2) is 0 Å². The van der Waals surface area contributed by atoms with Crippen molar-refractivity contribution < 1.29 is 14.3 Å². The lowest BCUT2D eigenvalue weighted by Crippen LogP contribution is -2.49. The van der Waals surface area contributed by atoms with Crippen molar-refractivity contribution in [2.24, 2.45) is 11.7 Å². The van der Waals surface area contributed by atoms with Crippen LogP contribution in [0.2, 0.25) is 0 Å². The Labute approximate surface area is 155 Å². The molecule has 0 radical (unpaired) electrons. The topological polar surface area (TPSA) is 75.9 Å². The molecule has 2 aliphatic heterocycles. The fraction of sp³-hybridized carbons (Fsp3) is 0.600. The monoisotopic (exact) mass is 359 g/mol. The second-order valence-electron chi connectivity index (χ2n) is 7.36. The lowest BCUT2D eigenvalue weighted by Gasteiger charge is -2.37. The first-order valence-electron chi connectivity index (χ1n) is 9.57. The summed E-state index contributed by atoms with van der Waals surface area (Å²) < 4.78 is 6.01. The van der Waals surface area contributed by atoms with Gasteiger partial charge in [0.15, 0.2) is 0 Å². The van der Waals surface area contributed by atoms with E-state index in [1.165, 1.54) is 5.56 Å². The summed E-state index contributed by atoms with van der Waals surface area (Å²) in [6.45, 7) is 3.88. The van der Waals surface area contributed by atoms with Gasteiger partial charge in [0.25, 0.3) is 0 Å². The number of primary amides is 1. The Bertz CT molecular complexity index is 600. The summed E-state index contributed by atoms with van der Waals surface area (Å²) >= 11 is 0. The van der Waals surface area contributed by atoms with Crippen LogP contribution in [-0.2, 0) is 20.9 Å². The minimum atomic E-state index is -0.325. The molecule has 1 aromatic rings. The predicted molar refractivity (Wildman–Crippen MR) is 99.2 cm³/mol. The normalized spacial score (nSPS) is 22.3. The maximum Gasteiger partial charge on any atom is 0.231 e. The Morgan fingerprint density at radius 3 is 2.50 bits per heavy atom. The summed E-state index contributed by atoms with van der Waals surface area (Å²) in [6.07, 6.45) is 3.84. The van der Waals surface area contributed by atoms with Crippen LogP contribution in [0.3, 0.4) is 0 Å². The minimum absolute atomic E-state index is 0.00936. The lowest BCUT2D eigenvalue weighted by atomic mass is 9.95. The number of piperidine rings is 2. The SMILES string of the molecule is NC(=O)CN1CCC[C@@H](C(=O)N2CCC(OCc3ccccc3)CC2)C1.